The number of hydrogen-bond acceptors (Lipinski definition) is 3. The zero-order chi connectivity index (χ0) is 16.6. The van der Waals surface area contributed by atoms with Crippen LogP contribution in [0.1, 0.15) is 40.0 Å². The third kappa shape index (κ3) is 2.63. The van der Waals surface area contributed by atoms with Gasteiger partial charge in [-0.15, -0.1) is 0 Å². The Morgan fingerprint density at radius 2 is 2.00 bits per heavy atom. The normalized spacial score (nSPS) is 11.1. The second-order valence-electron chi connectivity index (χ2n) is 5.77. The van der Waals surface area contributed by atoms with Crippen LogP contribution in [0, 0.1) is 20.8 Å². The highest BCUT2D eigenvalue weighted by Crippen LogP contribution is 2.30. The van der Waals surface area contributed by atoms with Gasteiger partial charge in [0.15, 0.2) is 5.76 Å². The highest BCUT2D eigenvalue weighted by molar-refractivity contribution is 6.00. The van der Waals surface area contributed by atoms with E-state index in [9.17, 15) is 4.79 Å². The molecule has 5 nitrogen and oxygen atoms in total. The van der Waals surface area contributed by atoms with E-state index in [2.05, 4.69) is 16.4 Å². The van der Waals surface area contributed by atoms with Crippen molar-refractivity contribution in [2.75, 3.05) is 0 Å². The minimum absolute atomic E-state index is 0.205. The highest BCUT2D eigenvalue weighted by Gasteiger charge is 2.20. The van der Waals surface area contributed by atoms with Gasteiger partial charge in [0, 0.05) is 29.9 Å². The fraction of sp³-hybridized carbons (Fsp3) is 0.333. The Balaban J connectivity index is 1.88. The lowest BCUT2D eigenvalue weighted by Crippen LogP contribution is -2.24. The Morgan fingerprint density at radius 1 is 1.26 bits per heavy atom. The largest absolute Gasteiger partial charge is 0.450 e. The Morgan fingerprint density at radius 3 is 2.70 bits per heavy atom. The minimum Gasteiger partial charge on any atom is -0.450 e. The Labute approximate surface area is 135 Å². The van der Waals surface area contributed by atoms with Crippen LogP contribution in [0.2, 0.25) is 0 Å². The van der Waals surface area contributed by atoms with Crippen LogP contribution < -0.4 is 5.32 Å². The molecule has 0 aliphatic heterocycles. The zero-order valence-corrected chi connectivity index (χ0v) is 13.9. The number of aromatic nitrogens is 2. The molecule has 1 amide bonds. The van der Waals surface area contributed by atoms with Crippen LogP contribution in [-0.2, 0) is 13.1 Å². The van der Waals surface area contributed by atoms with Gasteiger partial charge in [-0.2, -0.15) is 0 Å². The van der Waals surface area contributed by atoms with E-state index >= 15 is 0 Å². The Hall–Kier alpha value is -2.56. The number of aryl methyl sites for hydroxylation is 4. The van der Waals surface area contributed by atoms with Crippen LogP contribution in [0.15, 0.2) is 28.9 Å². The van der Waals surface area contributed by atoms with Gasteiger partial charge in [-0.05, 0) is 38.8 Å². The first kappa shape index (κ1) is 15.3. The summed E-state index contributed by atoms with van der Waals surface area (Å²) in [6.45, 7) is 9.21. The van der Waals surface area contributed by atoms with E-state index in [0.717, 1.165) is 40.0 Å². The van der Waals surface area contributed by atoms with Crippen molar-refractivity contribution in [1.82, 2.24) is 14.9 Å². The van der Waals surface area contributed by atoms with E-state index in [1.807, 2.05) is 44.5 Å². The van der Waals surface area contributed by atoms with Crippen molar-refractivity contribution < 1.29 is 9.21 Å². The summed E-state index contributed by atoms with van der Waals surface area (Å²) >= 11 is 0. The summed E-state index contributed by atoms with van der Waals surface area (Å²) in [4.78, 5) is 16.8. The number of amides is 1. The number of carbonyl (C=O) groups excluding carboxylic acids is 1. The molecule has 5 heteroatoms. The first-order valence-corrected chi connectivity index (χ1v) is 7.80. The van der Waals surface area contributed by atoms with Crippen LogP contribution in [0.4, 0.5) is 0 Å². The van der Waals surface area contributed by atoms with Crippen molar-refractivity contribution >= 4 is 16.9 Å². The first-order valence-electron chi connectivity index (χ1n) is 7.80. The molecule has 0 saturated heterocycles. The molecule has 0 aliphatic carbocycles. The Bertz CT molecular complexity index is 874. The van der Waals surface area contributed by atoms with Gasteiger partial charge in [0.05, 0.1) is 6.54 Å². The topological polar surface area (TPSA) is 60.1 Å². The van der Waals surface area contributed by atoms with Crippen molar-refractivity contribution in [2.45, 2.75) is 40.8 Å². The molecule has 0 radical (unpaired) electrons. The molecule has 0 unspecified atom stereocenters. The monoisotopic (exact) mass is 311 g/mol. The summed E-state index contributed by atoms with van der Waals surface area (Å²) in [5.41, 5.74) is 3.84. The van der Waals surface area contributed by atoms with Gasteiger partial charge in [0.1, 0.15) is 11.4 Å². The summed E-state index contributed by atoms with van der Waals surface area (Å²) in [5, 5.41) is 3.93. The average Bonchev–Trinajstić information content (AvgIpc) is 3.13. The number of nitrogens with zero attached hydrogens (tertiary/aromatic N) is 2. The highest BCUT2D eigenvalue weighted by atomic mass is 16.3. The van der Waals surface area contributed by atoms with E-state index in [4.69, 9.17) is 4.42 Å². The van der Waals surface area contributed by atoms with Gasteiger partial charge in [-0.3, -0.25) is 4.79 Å². The van der Waals surface area contributed by atoms with Crippen LogP contribution in [0.3, 0.4) is 0 Å². The van der Waals surface area contributed by atoms with E-state index in [1.165, 1.54) is 0 Å². The molecule has 0 atom stereocenters. The maximum Gasteiger partial charge on any atom is 0.287 e. The number of hydrogen-bond donors (Lipinski definition) is 1. The van der Waals surface area contributed by atoms with Crippen molar-refractivity contribution in [1.29, 1.82) is 0 Å². The molecule has 0 fully saturated rings. The van der Waals surface area contributed by atoms with Crippen molar-refractivity contribution in [3.05, 3.63) is 52.8 Å². The van der Waals surface area contributed by atoms with Gasteiger partial charge < -0.3 is 14.3 Å². The van der Waals surface area contributed by atoms with E-state index in [0.29, 0.717) is 12.3 Å². The van der Waals surface area contributed by atoms with Gasteiger partial charge in [0.25, 0.3) is 5.91 Å². The number of fused-ring (bicyclic) bond motifs is 1. The summed E-state index contributed by atoms with van der Waals surface area (Å²) in [5.74, 6) is 1.01. The van der Waals surface area contributed by atoms with Crippen molar-refractivity contribution in [3.63, 3.8) is 0 Å². The maximum absolute atomic E-state index is 12.5. The average molecular weight is 311 g/mol. The fourth-order valence-corrected chi connectivity index (χ4v) is 2.93. The van der Waals surface area contributed by atoms with Crippen LogP contribution in [0.5, 0.6) is 0 Å². The number of imidazole rings is 1. The smallest absolute Gasteiger partial charge is 0.287 e. The molecular weight excluding hydrogens is 290 g/mol. The number of benzene rings is 1. The summed E-state index contributed by atoms with van der Waals surface area (Å²) in [6.07, 6.45) is 3.64. The van der Waals surface area contributed by atoms with Gasteiger partial charge in [-0.1, -0.05) is 12.1 Å². The number of rotatable bonds is 4. The molecule has 2 aromatic heterocycles. The van der Waals surface area contributed by atoms with Crippen LogP contribution >= 0.6 is 0 Å². The lowest BCUT2D eigenvalue weighted by molar-refractivity contribution is 0.0923. The lowest BCUT2D eigenvalue weighted by Gasteiger charge is -2.06. The maximum atomic E-state index is 12.5. The summed E-state index contributed by atoms with van der Waals surface area (Å²) < 4.78 is 7.86. The lowest BCUT2D eigenvalue weighted by atomic mass is 10.0. The molecule has 23 heavy (non-hydrogen) atoms. The van der Waals surface area contributed by atoms with E-state index < -0.39 is 0 Å². The Kier molecular flexibility index (Phi) is 3.94. The molecule has 0 saturated carbocycles. The molecule has 0 aliphatic rings. The van der Waals surface area contributed by atoms with Crippen LogP contribution in [0.25, 0.3) is 11.0 Å². The molecule has 2 heterocycles. The predicted molar refractivity (Wildman–Crippen MR) is 89.5 cm³/mol. The molecule has 1 aromatic carbocycles. The van der Waals surface area contributed by atoms with Crippen LogP contribution in [-0.4, -0.2) is 15.5 Å². The van der Waals surface area contributed by atoms with Crippen molar-refractivity contribution in [2.24, 2.45) is 0 Å². The molecule has 0 spiro atoms. The molecule has 3 aromatic rings. The van der Waals surface area contributed by atoms with Gasteiger partial charge in [-0.25, -0.2) is 4.98 Å². The first-order chi connectivity index (χ1) is 11.0. The third-order valence-electron chi connectivity index (χ3n) is 4.24. The standard InChI is InChI=1S/C18H21N3O2/c1-5-21-9-8-19-14(21)10-20-18(22)17-13(4)15-11(2)6-7-12(3)16(15)23-17/h6-9H,5,10H2,1-4H3,(H,20,22). The third-order valence-corrected chi connectivity index (χ3v) is 4.24. The van der Waals surface area contributed by atoms with E-state index in [-0.39, 0.29) is 5.91 Å². The zero-order valence-electron chi connectivity index (χ0n) is 13.9. The molecule has 120 valence electrons. The quantitative estimate of drug-likeness (QED) is 0.802. The van der Waals surface area contributed by atoms with Gasteiger partial charge >= 0.3 is 0 Å². The molecular formula is C18H21N3O2. The number of carbonyl (C=O) groups is 1. The molecule has 3 rings (SSSR count). The molecule has 1 N–H and O–H groups in total. The molecule has 0 bridgehead atoms. The fourth-order valence-electron chi connectivity index (χ4n) is 2.93. The number of nitrogens with one attached hydrogen (secondary N) is 1. The summed E-state index contributed by atoms with van der Waals surface area (Å²) in [6, 6.07) is 4.07. The second kappa shape index (κ2) is 5.91. The van der Waals surface area contributed by atoms with E-state index in [1.54, 1.807) is 6.20 Å². The minimum atomic E-state index is -0.205. The number of furan rings is 1. The second-order valence-corrected chi connectivity index (χ2v) is 5.77. The van der Waals surface area contributed by atoms with Crippen molar-refractivity contribution in [3.8, 4) is 0 Å². The predicted octanol–water partition coefficient (Wildman–Crippen LogP) is 3.50. The SMILES string of the molecule is CCn1ccnc1CNC(=O)c1oc2c(C)ccc(C)c2c1C. The van der Waals surface area contributed by atoms with Gasteiger partial charge in [0.2, 0.25) is 0 Å². The summed E-state index contributed by atoms with van der Waals surface area (Å²) in [7, 11) is 0.